The summed E-state index contributed by atoms with van der Waals surface area (Å²) >= 11 is 1.45. The quantitative estimate of drug-likeness (QED) is 0.624. The molecular formula is C23H30N6O3S. The first-order valence-corrected chi connectivity index (χ1v) is 11.9. The number of anilines is 1. The van der Waals surface area contributed by atoms with Gasteiger partial charge in [0.1, 0.15) is 16.4 Å². The molecule has 176 valence electrons. The summed E-state index contributed by atoms with van der Waals surface area (Å²) in [5, 5.41) is 7.50. The Balaban J connectivity index is 1.41. The minimum Gasteiger partial charge on any atom is -0.360 e. The molecule has 1 fully saturated rings. The number of hydrogen-bond acceptors (Lipinski definition) is 8. The molecule has 10 heteroatoms. The van der Waals surface area contributed by atoms with Gasteiger partial charge in [0, 0.05) is 43.0 Å². The second-order valence-electron chi connectivity index (χ2n) is 9.56. The topological polar surface area (TPSA) is 104 Å². The fourth-order valence-electron chi connectivity index (χ4n) is 3.94. The maximum absolute atomic E-state index is 13.3. The van der Waals surface area contributed by atoms with E-state index in [1.807, 2.05) is 23.6 Å². The van der Waals surface area contributed by atoms with Crippen LogP contribution in [-0.4, -0.2) is 69.5 Å². The number of nitrogens with zero attached hydrogens (tertiary/aromatic N) is 5. The van der Waals surface area contributed by atoms with Crippen LogP contribution < -0.4 is 5.32 Å². The van der Waals surface area contributed by atoms with Crippen molar-refractivity contribution < 1.29 is 14.1 Å². The van der Waals surface area contributed by atoms with Gasteiger partial charge in [0.15, 0.2) is 5.82 Å². The van der Waals surface area contributed by atoms with E-state index in [9.17, 15) is 9.59 Å². The number of aromatic nitrogens is 3. The zero-order chi connectivity index (χ0) is 23.9. The Morgan fingerprint density at radius 3 is 2.42 bits per heavy atom. The van der Waals surface area contributed by atoms with Crippen LogP contribution in [0.4, 0.5) is 5.82 Å². The lowest BCUT2D eigenvalue weighted by Crippen LogP contribution is -2.50. The van der Waals surface area contributed by atoms with Gasteiger partial charge in [-0.05, 0) is 26.3 Å². The molecule has 1 aliphatic rings. The Kier molecular flexibility index (Phi) is 6.24. The molecular weight excluding hydrogens is 440 g/mol. The number of piperazine rings is 1. The van der Waals surface area contributed by atoms with Gasteiger partial charge in [-0.3, -0.25) is 14.5 Å². The maximum Gasteiger partial charge on any atom is 0.264 e. The number of nitrogens with one attached hydrogen (secondary N) is 1. The van der Waals surface area contributed by atoms with Crippen LogP contribution in [0.3, 0.4) is 0 Å². The molecule has 4 heterocycles. The van der Waals surface area contributed by atoms with E-state index >= 15 is 0 Å². The van der Waals surface area contributed by atoms with E-state index in [0.717, 1.165) is 32.2 Å². The molecule has 0 bridgehead atoms. The van der Waals surface area contributed by atoms with Crippen LogP contribution in [0.2, 0.25) is 0 Å². The highest BCUT2D eigenvalue weighted by Crippen LogP contribution is 2.34. The molecule has 0 radical (unpaired) electrons. The third-order valence-electron chi connectivity index (χ3n) is 5.76. The highest BCUT2D eigenvalue weighted by molar-refractivity contribution is 7.20. The molecule has 33 heavy (non-hydrogen) atoms. The highest BCUT2D eigenvalue weighted by atomic mass is 32.1. The highest BCUT2D eigenvalue weighted by Gasteiger charge is 2.28. The lowest BCUT2D eigenvalue weighted by molar-refractivity contribution is -0.117. The van der Waals surface area contributed by atoms with Crippen molar-refractivity contribution in [2.75, 3.05) is 38.0 Å². The summed E-state index contributed by atoms with van der Waals surface area (Å²) in [4.78, 5) is 40.6. The van der Waals surface area contributed by atoms with Gasteiger partial charge in [0.2, 0.25) is 5.91 Å². The third-order valence-corrected chi connectivity index (χ3v) is 6.93. The van der Waals surface area contributed by atoms with Gasteiger partial charge >= 0.3 is 0 Å². The summed E-state index contributed by atoms with van der Waals surface area (Å²) in [7, 11) is 0. The summed E-state index contributed by atoms with van der Waals surface area (Å²) < 4.78 is 4.97. The second kappa shape index (κ2) is 8.83. The Labute approximate surface area is 197 Å². The minimum absolute atomic E-state index is 0.0226. The molecule has 0 unspecified atom stereocenters. The van der Waals surface area contributed by atoms with Crippen LogP contribution in [-0.2, 0) is 10.2 Å². The van der Waals surface area contributed by atoms with Crippen molar-refractivity contribution in [1.82, 2.24) is 24.9 Å². The van der Waals surface area contributed by atoms with Crippen LogP contribution in [0.5, 0.6) is 0 Å². The molecule has 0 aromatic carbocycles. The first-order valence-electron chi connectivity index (χ1n) is 11.1. The van der Waals surface area contributed by atoms with E-state index in [0.29, 0.717) is 37.8 Å². The van der Waals surface area contributed by atoms with E-state index < -0.39 is 0 Å². The standard InChI is InChI=1S/C23H30N6O3S/c1-13-11-16(27-32-13)25-17(30)12-28-7-9-29(10-8-28)21(31)19-14(2)18-15(3)24-22(23(4,5)6)26-20(18)33-19/h11H,7-10,12H2,1-6H3,(H,25,27,30). The van der Waals surface area contributed by atoms with Crippen molar-refractivity contribution in [3.8, 4) is 0 Å². The Bertz CT molecular complexity index is 1200. The molecule has 1 N–H and O–H groups in total. The van der Waals surface area contributed by atoms with Crippen LogP contribution in [0.1, 0.15) is 53.3 Å². The number of aryl methyl sites for hydroxylation is 3. The molecule has 4 rings (SSSR count). The molecule has 0 spiro atoms. The monoisotopic (exact) mass is 470 g/mol. The van der Waals surface area contributed by atoms with Gasteiger partial charge < -0.3 is 14.7 Å². The predicted molar refractivity (Wildman–Crippen MR) is 128 cm³/mol. The molecule has 1 saturated heterocycles. The van der Waals surface area contributed by atoms with Crippen molar-refractivity contribution in [3.63, 3.8) is 0 Å². The van der Waals surface area contributed by atoms with Crippen molar-refractivity contribution in [2.24, 2.45) is 0 Å². The molecule has 0 atom stereocenters. The van der Waals surface area contributed by atoms with Crippen molar-refractivity contribution in [3.05, 3.63) is 33.8 Å². The first kappa shape index (κ1) is 23.3. The fraction of sp³-hybridized carbons (Fsp3) is 0.522. The molecule has 1 aliphatic heterocycles. The van der Waals surface area contributed by atoms with Crippen molar-refractivity contribution >= 4 is 39.2 Å². The zero-order valence-corrected chi connectivity index (χ0v) is 20.8. The summed E-state index contributed by atoms with van der Waals surface area (Å²) in [5.74, 6) is 1.73. The van der Waals surface area contributed by atoms with E-state index in [1.54, 1.807) is 13.0 Å². The minimum atomic E-state index is -0.157. The molecule has 0 aliphatic carbocycles. The normalized spacial score (nSPS) is 15.3. The van der Waals surface area contributed by atoms with Gasteiger partial charge in [-0.1, -0.05) is 25.9 Å². The Morgan fingerprint density at radius 1 is 1.12 bits per heavy atom. The summed E-state index contributed by atoms with van der Waals surface area (Å²) in [6.07, 6.45) is 0. The predicted octanol–water partition coefficient (Wildman–Crippen LogP) is 3.30. The summed E-state index contributed by atoms with van der Waals surface area (Å²) in [6, 6.07) is 1.68. The number of thiophene rings is 1. The first-order chi connectivity index (χ1) is 15.5. The zero-order valence-electron chi connectivity index (χ0n) is 20.0. The van der Waals surface area contributed by atoms with Gasteiger partial charge in [0.25, 0.3) is 5.91 Å². The fourth-order valence-corrected chi connectivity index (χ4v) is 5.14. The van der Waals surface area contributed by atoms with Crippen LogP contribution in [0.25, 0.3) is 10.2 Å². The Morgan fingerprint density at radius 2 is 1.82 bits per heavy atom. The number of hydrogen-bond donors (Lipinski definition) is 1. The molecule has 3 aromatic rings. The Hall–Kier alpha value is -2.85. The maximum atomic E-state index is 13.3. The average Bonchev–Trinajstić information content (AvgIpc) is 3.30. The number of rotatable bonds is 4. The smallest absolute Gasteiger partial charge is 0.264 e. The van der Waals surface area contributed by atoms with Gasteiger partial charge in [-0.2, -0.15) is 0 Å². The number of carbonyl (C=O) groups excluding carboxylic acids is 2. The lowest BCUT2D eigenvalue weighted by Gasteiger charge is -2.34. The summed E-state index contributed by atoms with van der Waals surface area (Å²) in [5.41, 5.74) is 1.70. The van der Waals surface area contributed by atoms with Gasteiger partial charge in [-0.15, -0.1) is 11.3 Å². The van der Waals surface area contributed by atoms with Gasteiger partial charge in [-0.25, -0.2) is 9.97 Å². The van der Waals surface area contributed by atoms with Crippen LogP contribution in [0, 0.1) is 20.8 Å². The van der Waals surface area contributed by atoms with Crippen LogP contribution >= 0.6 is 11.3 Å². The SMILES string of the molecule is Cc1cc(NC(=O)CN2CCN(C(=O)c3sc4nc(C(C)(C)C)nc(C)c4c3C)CC2)no1. The number of fused-ring (bicyclic) bond motifs is 1. The summed E-state index contributed by atoms with van der Waals surface area (Å²) in [6.45, 7) is 14.7. The number of carbonyl (C=O) groups is 2. The van der Waals surface area contributed by atoms with Crippen molar-refractivity contribution in [2.45, 2.75) is 47.0 Å². The largest absolute Gasteiger partial charge is 0.360 e. The molecule has 0 saturated carbocycles. The van der Waals surface area contributed by atoms with Crippen LogP contribution in [0.15, 0.2) is 10.6 Å². The second-order valence-corrected chi connectivity index (χ2v) is 10.6. The van der Waals surface area contributed by atoms with Gasteiger partial charge in [0.05, 0.1) is 17.1 Å². The lowest BCUT2D eigenvalue weighted by atomic mass is 9.95. The molecule has 3 aromatic heterocycles. The molecule has 9 nitrogen and oxygen atoms in total. The van der Waals surface area contributed by atoms with E-state index in [1.165, 1.54) is 11.3 Å². The van der Waals surface area contributed by atoms with E-state index in [2.05, 4.69) is 31.2 Å². The van der Waals surface area contributed by atoms with E-state index in [-0.39, 0.29) is 23.8 Å². The van der Waals surface area contributed by atoms with E-state index in [4.69, 9.17) is 14.5 Å². The average molecular weight is 471 g/mol. The third kappa shape index (κ3) is 4.91. The number of amides is 2. The molecule has 2 amide bonds. The van der Waals surface area contributed by atoms with Crippen molar-refractivity contribution in [1.29, 1.82) is 0 Å².